The molecule has 20 heavy (non-hydrogen) atoms. The zero-order chi connectivity index (χ0) is 14.0. The van der Waals surface area contributed by atoms with Gasteiger partial charge < -0.3 is 10.1 Å². The largest absolute Gasteiger partial charge is 0.379 e. The molecule has 2 heterocycles. The Morgan fingerprint density at radius 2 is 2.20 bits per heavy atom. The van der Waals surface area contributed by atoms with Crippen LogP contribution in [0.15, 0.2) is 11.0 Å². The molecule has 0 radical (unpaired) electrons. The highest BCUT2D eigenvalue weighted by atomic mass is 35.5. The molecule has 1 unspecified atom stereocenters. The highest BCUT2D eigenvalue weighted by Crippen LogP contribution is 2.39. The van der Waals surface area contributed by atoms with Gasteiger partial charge in [0.25, 0.3) is 5.56 Å². The summed E-state index contributed by atoms with van der Waals surface area (Å²) in [4.78, 5) is 11.5. The van der Waals surface area contributed by atoms with Gasteiger partial charge in [-0.1, -0.05) is 30.9 Å². The molecule has 2 aliphatic rings. The number of H-pyrrole nitrogens is 1. The average molecular weight is 298 g/mol. The van der Waals surface area contributed by atoms with Gasteiger partial charge in [-0.05, 0) is 25.7 Å². The summed E-state index contributed by atoms with van der Waals surface area (Å²) in [6.07, 6.45) is 9.60. The van der Waals surface area contributed by atoms with Gasteiger partial charge in [-0.25, -0.2) is 5.10 Å². The second-order valence-corrected chi connectivity index (χ2v) is 6.23. The number of hydrogen-bond acceptors (Lipinski definition) is 4. The minimum absolute atomic E-state index is 0.0370. The minimum atomic E-state index is -0.351. The van der Waals surface area contributed by atoms with E-state index in [1.54, 1.807) is 6.20 Å². The predicted molar refractivity (Wildman–Crippen MR) is 78.3 cm³/mol. The standard InChI is InChI=1S/C14H20ClN3O2/c15-12-11(9-16-18-13(12)19)17-10-4-7-20-14(8-10)5-2-1-3-6-14/h9-10H,1-8H2,(H2,17,18,19). The van der Waals surface area contributed by atoms with Crippen molar-refractivity contribution in [1.29, 1.82) is 0 Å². The molecule has 1 aromatic rings. The van der Waals surface area contributed by atoms with Crippen molar-refractivity contribution in [2.24, 2.45) is 0 Å². The number of ether oxygens (including phenoxy) is 1. The second kappa shape index (κ2) is 5.74. The Bertz CT molecular complexity index is 520. The maximum atomic E-state index is 11.5. The predicted octanol–water partition coefficient (Wildman–Crippen LogP) is 2.72. The molecule has 1 aliphatic carbocycles. The lowest BCUT2D eigenvalue weighted by Gasteiger charge is -2.43. The van der Waals surface area contributed by atoms with Crippen LogP contribution in [0.4, 0.5) is 5.69 Å². The van der Waals surface area contributed by atoms with Crippen LogP contribution in [0, 0.1) is 0 Å². The number of anilines is 1. The van der Waals surface area contributed by atoms with Gasteiger partial charge in [0, 0.05) is 12.6 Å². The maximum absolute atomic E-state index is 11.5. The monoisotopic (exact) mass is 297 g/mol. The van der Waals surface area contributed by atoms with E-state index < -0.39 is 0 Å². The highest BCUT2D eigenvalue weighted by Gasteiger charge is 2.38. The van der Waals surface area contributed by atoms with Crippen molar-refractivity contribution in [2.75, 3.05) is 11.9 Å². The molecule has 1 aromatic heterocycles. The van der Waals surface area contributed by atoms with Crippen molar-refractivity contribution in [3.63, 3.8) is 0 Å². The van der Waals surface area contributed by atoms with Crippen molar-refractivity contribution < 1.29 is 4.74 Å². The number of nitrogens with zero attached hydrogens (tertiary/aromatic N) is 1. The fourth-order valence-corrected chi connectivity index (χ4v) is 3.55. The normalized spacial score (nSPS) is 25.6. The molecule has 1 spiro atoms. The first kappa shape index (κ1) is 13.9. The van der Waals surface area contributed by atoms with Crippen LogP contribution in [-0.2, 0) is 4.74 Å². The van der Waals surface area contributed by atoms with Crippen LogP contribution in [0.1, 0.15) is 44.9 Å². The van der Waals surface area contributed by atoms with Gasteiger partial charge >= 0.3 is 0 Å². The van der Waals surface area contributed by atoms with Gasteiger partial charge in [-0.3, -0.25) is 4.79 Å². The van der Waals surface area contributed by atoms with Crippen LogP contribution in [0.5, 0.6) is 0 Å². The molecule has 1 aliphatic heterocycles. The van der Waals surface area contributed by atoms with Crippen molar-refractivity contribution in [3.8, 4) is 0 Å². The first-order valence-electron chi connectivity index (χ1n) is 7.32. The molecule has 110 valence electrons. The molecule has 6 heteroatoms. The lowest BCUT2D eigenvalue weighted by atomic mass is 9.78. The Labute approximate surface area is 123 Å². The summed E-state index contributed by atoms with van der Waals surface area (Å²) in [7, 11) is 0. The second-order valence-electron chi connectivity index (χ2n) is 5.85. The number of hydrogen-bond donors (Lipinski definition) is 2. The van der Waals surface area contributed by atoms with E-state index in [2.05, 4.69) is 15.5 Å². The SMILES string of the molecule is O=c1[nH]ncc(NC2CCOC3(CCCCC3)C2)c1Cl. The third kappa shape index (κ3) is 2.83. The van der Waals surface area contributed by atoms with Gasteiger partial charge in [0.05, 0.1) is 17.5 Å². The Hall–Kier alpha value is -1.07. The van der Waals surface area contributed by atoms with Crippen molar-refractivity contribution in [3.05, 3.63) is 21.6 Å². The molecule has 5 nitrogen and oxygen atoms in total. The smallest absolute Gasteiger partial charge is 0.285 e. The molecule has 2 fully saturated rings. The van der Waals surface area contributed by atoms with Gasteiger partial charge in [-0.15, -0.1) is 0 Å². The van der Waals surface area contributed by atoms with Crippen LogP contribution in [0.25, 0.3) is 0 Å². The number of nitrogens with one attached hydrogen (secondary N) is 2. The van der Waals surface area contributed by atoms with Crippen LogP contribution in [-0.4, -0.2) is 28.4 Å². The summed E-state index contributed by atoms with van der Waals surface area (Å²) < 4.78 is 6.07. The van der Waals surface area contributed by atoms with Gasteiger partial charge in [-0.2, -0.15) is 5.10 Å². The third-order valence-electron chi connectivity index (χ3n) is 4.41. The summed E-state index contributed by atoms with van der Waals surface area (Å²) >= 11 is 6.01. The average Bonchev–Trinajstić information content (AvgIpc) is 2.45. The first-order chi connectivity index (χ1) is 9.69. The summed E-state index contributed by atoms with van der Waals surface area (Å²) in [5.41, 5.74) is 0.305. The van der Waals surface area contributed by atoms with E-state index in [1.807, 2.05) is 0 Å². The Morgan fingerprint density at radius 3 is 3.00 bits per heavy atom. The van der Waals surface area contributed by atoms with Crippen molar-refractivity contribution in [2.45, 2.75) is 56.6 Å². The van der Waals surface area contributed by atoms with Crippen LogP contribution >= 0.6 is 11.6 Å². The molecule has 0 amide bonds. The zero-order valence-electron chi connectivity index (χ0n) is 11.5. The van der Waals surface area contributed by atoms with E-state index in [4.69, 9.17) is 16.3 Å². The lowest BCUT2D eigenvalue weighted by Crippen LogP contribution is -2.45. The molecule has 3 rings (SSSR count). The number of aromatic nitrogens is 2. The summed E-state index contributed by atoms with van der Waals surface area (Å²) in [6.45, 7) is 0.770. The van der Waals surface area contributed by atoms with Gasteiger partial charge in [0.2, 0.25) is 0 Å². The molecule has 1 atom stereocenters. The number of halogens is 1. The summed E-state index contributed by atoms with van der Waals surface area (Å²) in [5, 5.41) is 9.68. The molecule has 0 aromatic carbocycles. The van der Waals surface area contributed by atoms with Crippen molar-refractivity contribution in [1.82, 2.24) is 10.2 Å². The fraction of sp³-hybridized carbons (Fsp3) is 0.714. The Balaban J connectivity index is 1.71. The third-order valence-corrected chi connectivity index (χ3v) is 4.79. The van der Waals surface area contributed by atoms with Crippen LogP contribution in [0.2, 0.25) is 5.02 Å². The molecule has 1 saturated heterocycles. The summed E-state index contributed by atoms with van der Waals surface area (Å²) in [5.74, 6) is 0. The van der Waals surface area contributed by atoms with Gasteiger partial charge in [0.15, 0.2) is 0 Å². The summed E-state index contributed by atoms with van der Waals surface area (Å²) in [6, 6.07) is 0.294. The van der Waals surface area contributed by atoms with E-state index in [-0.39, 0.29) is 16.2 Å². The minimum Gasteiger partial charge on any atom is -0.379 e. The molecule has 0 bridgehead atoms. The van der Waals surface area contributed by atoms with Crippen LogP contribution in [0.3, 0.4) is 0 Å². The van der Waals surface area contributed by atoms with Crippen LogP contribution < -0.4 is 10.9 Å². The number of rotatable bonds is 2. The highest BCUT2D eigenvalue weighted by molar-refractivity contribution is 6.32. The topological polar surface area (TPSA) is 67.0 Å². The quantitative estimate of drug-likeness (QED) is 0.881. The van der Waals surface area contributed by atoms with Crippen molar-refractivity contribution >= 4 is 17.3 Å². The molecule has 2 N–H and O–H groups in total. The molecular weight excluding hydrogens is 278 g/mol. The number of aromatic amines is 1. The van der Waals surface area contributed by atoms with Gasteiger partial charge in [0.1, 0.15) is 5.02 Å². The lowest BCUT2D eigenvalue weighted by molar-refractivity contribution is -0.103. The Kier molecular flexibility index (Phi) is 3.98. The van der Waals surface area contributed by atoms with E-state index >= 15 is 0 Å². The van der Waals surface area contributed by atoms with E-state index in [9.17, 15) is 4.79 Å². The Morgan fingerprint density at radius 1 is 1.40 bits per heavy atom. The maximum Gasteiger partial charge on any atom is 0.285 e. The van der Waals surface area contributed by atoms with E-state index in [1.165, 1.54) is 19.3 Å². The zero-order valence-corrected chi connectivity index (χ0v) is 12.2. The first-order valence-corrected chi connectivity index (χ1v) is 7.70. The molecular formula is C14H20ClN3O2. The van der Waals surface area contributed by atoms with E-state index in [0.29, 0.717) is 11.7 Å². The van der Waals surface area contributed by atoms with E-state index in [0.717, 1.165) is 32.3 Å². The molecule has 1 saturated carbocycles. The fourth-order valence-electron chi connectivity index (χ4n) is 3.40.